The second-order valence-electron chi connectivity index (χ2n) is 5.10. The molecule has 0 saturated carbocycles. The molecule has 5 nitrogen and oxygen atoms in total. The number of nitrogens with zero attached hydrogens (tertiary/aromatic N) is 2. The SMILES string of the molecule is COc1ccc(CN2CCN(CCN)CC2)cc1OC. The van der Waals surface area contributed by atoms with Crippen LogP contribution in [0.1, 0.15) is 5.56 Å². The maximum absolute atomic E-state index is 5.60. The highest BCUT2D eigenvalue weighted by Gasteiger charge is 2.16. The third-order valence-electron chi connectivity index (χ3n) is 3.76. The van der Waals surface area contributed by atoms with Crippen molar-refractivity contribution in [1.29, 1.82) is 0 Å². The lowest BCUT2D eigenvalue weighted by Crippen LogP contribution is -2.47. The molecule has 0 unspecified atom stereocenters. The Morgan fingerprint density at radius 3 is 2.25 bits per heavy atom. The molecule has 0 spiro atoms. The van der Waals surface area contributed by atoms with Gasteiger partial charge in [0.1, 0.15) is 0 Å². The first kappa shape index (κ1) is 15.1. The van der Waals surface area contributed by atoms with Crippen LogP contribution in [0, 0.1) is 0 Å². The molecule has 0 bridgehead atoms. The Balaban J connectivity index is 1.91. The molecule has 1 fully saturated rings. The molecule has 20 heavy (non-hydrogen) atoms. The van der Waals surface area contributed by atoms with Crippen molar-refractivity contribution in [3.05, 3.63) is 23.8 Å². The number of hydrogen-bond acceptors (Lipinski definition) is 5. The molecule has 0 aliphatic carbocycles. The van der Waals surface area contributed by atoms with Gasteiger partial charge in [0.2, 0.25) is 0 Å². The smallest absolute Gasteiger partial charge is 0.161 e. The minimum absolute atomic E-state index is 0.746. The molecule has 1 aliphatic rings. The molecule has 1 heterocycles. The highest BCUT2D eigenvalue weighted by Crippen LogP contribution is 2.28. The van der Waals surface area contributed by atoms with Gasteiger partial charge in [0, 0.05) is 45.8 Å². The summed E-state index contributed by atoms with van der Waals surface area (Å²) in [6.07, 6.45) is 0. The van der Waals surface area contributed by atoms with Gasteiger partial charge in [-0.15, -0.1) is 0 Å². The van der Waals surface area contributed by atoms with Gasteiger partial charge in [-0.05, 0) is 17.7 Å². The van der Waals surface area contributed by atoms with Gasteiger partial charge in [0.25, 0.3) is 0 Å². The number of nitrogens with two attached hydrogens (primary N) is 1. The largest absolute Gasteiger partial charge is 0.493 e. The summed E-state index contributed by atoms with van der Waals surface area (Å²) in [5, 5.41) is 0. The lowest BCUT2D eigenvalue weighted by molar-refractivity contribution is 0.129. The summed E-state index contributed by atoms with van der Waals surface area (Å²) in [7, 11) is 3.33. The molecule has 0 aromatic heterocycles. The Hall–Kier alpha value is -1.30. The molecule has 0 radical (unpaired) electrons. The van der Waals surface area contributed by atoms with Crippen LogP contribution in [0.2, 0.25) is 0 Å². The predicted molar refractivity (Wildman–Crippen MR) is 80.3 cm³/mol. The van der Waals surface area contributed by atoms with Gasteiger partial charge in [-0.25, -0.2) is 0 Å². The van der Waals surface area contributed by atoms with Crippen LogP contribution in [0.3, 0.4) is 0 Å². The highest BCUT2D eigenvalue weighted by atomic mass is 16.5. The van der Waals surface area contributed by atoms with Crippen molar-refractivity contribution in [2.75, 3.05) is 53.5 Å². The van der Waals surface area contributed by atoms with Crippen molar-refractivity contribution < 1.29 is 9.47 Å². The first-order chi connectivity index (χ1) is 9.76. The number of ether oxygens (including phenoxy) is 2. The first-order valence-electron chi connectivity index (χ1n) is 7.12. The van der Waals surface area contributed by atoms with Crippen LogP contribution < -0.4 is 15.2 Å². The van der Waals surface area contributed by atoms with Crippen molar-refractivity contribution in [1.82, 2.24) is 9.80 Å². The van der Waals surface area contributed by atoms with E-state index in [1.54, 1.807) is 14.2 Å². The molecule has 0 amide bonds. The van der Waals surface area contributed by atoms with Gasteiger partial charge in [-0.2, -0.15) is 0 Å². The second kappa shape index (κ2) is 7.47. The van der Waals surface area contributed by atoms with E-state index >= 15 is 0 Å². The molecule has 1 aromatic rings. The van der Waals surface area contributed by atoms with E-state index in [-0.39, 0.29) is 0 Å². The lowest BCUT2D eigenvalue weighted by Gasteiger charge is -2.34. The molecule has 1 aliphatic heterocycles. The second-order valence-corrected chi connectivity index (χ2v) is 5.10. The molecular formula is C15H25N3O2. The van der Waals surface area contributed by atoms with E-state index in [1.807, 2.05) is 6.07 Å². The standard InChI is InChI=1S/C15H25N3O2/c1-19-14-4-3-13(11-15(14)20-2)12-18-9-7-17(6-5-16)8-10-18/h3-4,11H,5-10,12,16H2,1-2H3. The summed E-state index contributed by atoms with van der Waals surface area (Å²) in [5.74, 6) is 1.58. The van der Waals surface area contributed by atoms with E-state index < -0.39 is 0 Å². The monoisotopic (exact) mass is 279 g/mol. The molecular weight excluding hydrogens is 254 g/mol. The number of piperazine rings is 1. The predicted octanol–water partition coefficient (Wildman–Crippen LogP) is 0.780. The average Bonchev–Trinajstić information content (AvgIpc) is 2.49. The summed E-state index contributed by atoms with van der Waals surface area (Å²) >= 11 is 0. The van der Waals surface area contributed by atoms with E-state index in [2.05, 4.69) is 21.9 Å². The molecule has 0 atom stereocenters. The van der Waals surface area contributed by atoms with E-state index in [1.165, 1.54) is 5.56 Å². The summed E-state index contributed by atoms with van der Waals surface area (Å²) in [5.41, 5.74) is 6.86. The van der Waals surface area contributed by atoms with Crippen LogP contribution in [0.4, 0.5) is 0 Å². The highest BCUT2D eigenvalue weighted by molar-refractivity contribution is 5.42. The van der Waals surface area contributed by atoms with Gasteiger partial charge in [-0.1, -0.05) is 6.07 Å². The lowest BCUT2D eigenvalue weighted by atomic mass is 10.1. The van der Waals surface area contributed by atoms with E-state index in [9.17, 15) is 0 Å². The average molecular weight is 279 g/mol. The molecule has 2 N–H and O–H groups in total. The minimum atomic E-state index is 0.746. The third-order valence-corrected chi connectivity index (χ3v) is 3.76. The van der Waals surface area contributed by atoms with Crippen LogP contribution in [-0.2, 0) is 6.54 Å². The zero-order valence-electron chi connectivity index (χ0n) is 12.5. The van der Waals surface area contributed by atoms with Gasteiger partial charge in [0.05, 0.1) is 14.2 Å². The maximum atomic E-state index is 5.60. The summed E-state index contributed by atoms with van der Waals surface area (Å²) in [6.45, 7) is 7.09. The summed E-state index contributed by atoms with van der Waals surface area (Å²) < 4.78 is 10.6. The Labute approximate surface area is 121 Å². The van der Waals surface area contributed by atoms with Gasteiger partial charge >= 0.3 is 0 Å². The molecule has 2 rings (SSSR count). The summed E-state index contributed by atoms with van der Waals surface area (Å²) in [6, 6.07) is 6.14. The fourth-order valence-electron chi connectivity index (χ4n) is 2.59. The van der Waals surface area contributed by atoms with Crippen LogP contribution in [0.5, 0.6) is 11.5 Å². The van der Waals surface area contributed by atoms with Crippen molar-refractivity contribution in [2.24, 2.45) is 5.73 Å². The van der Waals surface area contributed by atoms with Crippen molar-refractivity contribution in [3.63, 3.8) is 0 Å². The minimum Gasteiger partial charge on any atom is -0.493 e. The number of hydrogen-bond donors (Lipinski definition) is 1. The van der Waals surface area contributed by atoms with E-state index in [4.69, 9.17) is 15.2 Å². The number of rotatable bonds is 6. The van der Waals surface area contributed by atoms with Gasteiger partial charge < -0.3 is 15.2 Å². The van der Waals surface area contributed by atoms with E-state index in [0.29, 0.717) is 0 Å². The fourth-order valence-corrected chi connectivity index (χ4v) is 2.59. The Morgan fingerprint density at radius 1 is 1.00 bits per heavy atom. The number of methoxy groups -OCH3 is 2. The number of benzene rings is 1. The zero-order chi connectivity index (χ0) is 14.4. The van der Waals surface area contributed by atoms with Crippen LogP contribution >= 0.6 is 0 Å². The van der Waals surface area contributed by atoms with E-state index in [0.717, 1.165) is 57.3 Å². The normalized spacial score (nSPS) is 17.1. The Kier molecular flexibility index (Phi) is 5.64. The maximum Gasteiger partial charge on any atom is 0.161 e. The third kappa shape index (κ3) is 3.85. The quantitative estimate of drug-likeness (QED) is 0.834. The first-order valence-corrected chi connectivity index (χ1v) is 7.12. The summed E-state index contributed by atoms with van der Waals surface area (Å²) in [4.78, 5) is 4.89. The van der Waals surface area contributed by atoms with Gasteiger partial charge in [0.15, 0.2) is 11.5 Å². The van der Waals surface area contributed by atoms with Gasteiger partial charge in [-0.3, -0.25) is 9.80 Å². The Bertz CT molecular complexity index is 418. The molecule has 1 saturated heterocycles. The zero-order valence-corrected chi connectivity index (χ0v) is 12.5. The van der Waals surface area contributed by atoms with Crippen molar-refractivity contribution >= 4 is 0 Å². The van der Waals surface area contributed by atoms with Crippen LogP contribution in [0.15, 0.2) is 18.2 Å². The Morgan fingerprint density at radius 2 is 1.65 bits per heavy atom. The molecule has 1 aromatic carbocycles. The topological polar surface area (TPSA) is 51.0 Å². The fraction of sp³-hybridized carbons (Fsp3) is 0.600. The molecule has 112 valence electrons. The van der Waals surface area contributed by atoms with Crippen LogP contribution in [-0.4, -0.2) is 63.3 Å². The molecule has 5 heteroatoms. The van der Waals surface area contributed by atoms with Crippen molar-refractivity contribution in [3.8, 4) is 11.5 Å². The van der Waals surface area contributed by atoms with Crippen LogP contribution in [0.25, 0.3) is 0 Å². The van der Waals surface area contributed by atoms with Crippen molar-refractivity contribution in [2.45, 2.75) is 6.54 Å².